The highest BCUT2D eigenvalue weighted by atomic mass is 32.2. The fraction of sp³-hybridized carbons (Fsp3) is 0.647. The number of nitrogens with one attached hydrogen (secondary N) is 1. The molecule has 0 saturated carbocycles. The molecule has 0 amide bonds. The van der Waals surface area contributed by atoms with Gasteiger partial charge >= 0.3 is 0 Å². The Morgan fingerprint density at radius 1 is 0.750 bits per heavy atom. The molecule has 0 unspecified atom stereocenters. The van der Waals surface area contributed by atoms with Crippen LogP contribution >= 0.6 is 0 Å². The van der Waals surface area contributed by atoms with E-state index in [1.165, 1.54) is 95.1 Å². The third-order valence-corrected chi connectivity index (χ3v) is 9.62. The molecule has 0 aliphatic carbocycles. The van der Waals surface area contributed by atoms with E-state index in [1.807, 2.05) is 12.1 Å². The molecule has 2 aromatic rings. The molecule has 0 atom stereocenters. The number of halogens is 1. The number of nitrogens with zero attached hydrogens (tertiary/aromatic N) is 1. The van der Waals surface area contributed by atoms with Gasteiger partial charge in [-0.1, -0.05) is 109 Å². The monoisotopic (exact) mass is 572 g/mol. The van der Waals surface area contributed by atoms with E-state index < -0.39 is 15.8 Å². The van der Waals surface area contributed by atoms with Crippen molar-refractivity contribution in [1.29, 1.82) is 0 Å². The van der Waals surface area contributed by atoms with Gasteiger partial charge in [0.15, 0.2) is 0 Å². The summed E-state index contributed by atoms with van der Waals surface area (Å²) in [5, 5.41) is 0. The second kappa shape index (κ2) is 17.8. The highest BCUT2D eigenvalue weighted by molar-refractivity contribution is 7.92. The number of anilines is 1. The molecule has 1 aliphatic rings. The Morgan fingerprint density at radius 2 is 1.38 bits per heavy atom. The largest absolute Gasteiger partial charge is 0.299 e. The lowest BCUT2D eigenvalue weighted by atomic mass is 9.99. The highest BCUT2D eigenvalue weighted by Crippen LogP contribution is 2.26. The molecular formula is C34H53FN2O2S. The van der Waals surface area contributed by atoms with Crippen molar-refractivity contribution in [3.8, 4) is 0 Å². The predicted octanol–water partition coefficient (Wildman–Crippen LogP) is 9.42. The lowest BCUT2D eigenvalue weighted by Gasteiger charge is -2.29. The van der Waals surface area contributed by atoms with Crippen molar-refractivity contribution in [1.82, 2.24) is 4.90 Å². The van der Waals surface area contributed by atoms with Gasteiger partial charge in [0, 0.05) is 13.1 Å². The Labute approximate surface area is 244 Å². The molecule has 0 bridgehead atoms. The quantitative estimate of drug-likeness (QED) is 0.161. The molecule has 4 nitrogen and oxygen atoms in total. The van der Waals surface area contributed by atoms with Crippen LogP contribution in [0.5, 0.6) is 0 Å². The molecule has 0 saturated heterocycles. The third-order valence-electron chi connectivity index (χ3n) is 8.25. The number of hydrogen-bond donors (Lipinski definition) is 1. The minimum atomic E-state index is -3.86. The van der Waals surface area contributed by atoms with E-state index in [4.69, 9.17) is 0 Å². The first-order chi connectivity index (χ1) is 19.4. The fourth-order valence-electron chi connectivity index (χ4n) is 5.70. The maximum atomic E-state index is 14.8. The van der Waals surface area contributed by atoms with Gasteiger partial charge < -0.3 is 0 Å². The Balaban J connectivity index is 1.43. The molecule has 2 aromatic carbocycles. The summed E-state index contributed by atoms with van der Waals surface area (Å²) >= 11 is 0. The summed E-state index contributed by atoms with van der Waals surface area (Å²) in [4.78, 5) is 2.69. The van der Waals surface area contributed by atoms with E-state index >= 15 is 0 Å². The minimum Gasteiger partial charge on any atom is -0.299 e. The number of unbranched alkanes of at least 4 members (excludes halogenated alkanes) is 13. The van der Waals surface area contributed by atoms with Crippen LogP contribution in [0.25, 0.3) is 0 Å². The van der Waals surface area contributed by atoms with Crippen molar-refractivity contribution < 1.29 is 12.8 Å². The first-order valence-corrected chi connectivity index (χ1v) is 17.6. The van der Waals surface area contributed by atoms with Crippen LogP contribution in [0.1, 0.15) is 127 Å². The zero-order valence-electron chi connectivity index (χ0n) is 25.2. The molecule has 1 aliphatic heterocycles. The molecule has 224 valence electrons. The molecule has 1 N–H and O–H groups in total. The Bertz CT molecular complexity index is 1120. The number of sulfonamides is 1. The van der Waals surface area contributed by atoms with E-state index in [1.54, 1.807) is 18.2 Å². The van der Waals surface area contributed by atoms with Gasteiger partial charge in [0.05, 0.1) is 10.6 Å². The predicted molar refractivity (Wildman–Crippen MR) is 167 cm³/mol. The van der Waals surface area contributed by atoms with E-state index in [-0.39, 0.29) is 10.6 Å². The Kier molecular flexibility index (Phi) is 14.5. The number of aryl methyl sites for hydroxylation is 1. The van der Waals surface area contributed by atoms with Gasteiger partial charge in [-0.05, 0) is 73.2 Å². The zero-order valence-corrected chi connectivity index (χ0v) is 26.0. The van der Waals surface area contributed by atoms with Crippen LogP contribution < -0.4 is 4.72 Å². The van der Waals surface area contributed by atoms with Crippen molar-refractivity contribution >= 4 is 15.7 Å². The summed E-state index contributed by atoms with van der Waals surface area (Å²) in [7, 11) is -3.86. The summed E-state index contributed by atoms with van der Waals surface area (Å²) < 4.78 is 43.4. The highest BCUT2D eigenvalue weighted by Gasteiger charge is 2.21. The maximum absolute atomic E-state index is 14.8. The molecule has 40 heavy (non-hydrogen) atoms. The zero-order chi connectivity index (χ0) is 28.6. The van der Waals surface area contributed by atoms with Gasteiger partial charge in [-0.3, -0.25) is 9.62 Å². The van der Waals surface area contributed by atoms with Gasteiger partial charge in [0.2, 0.25) is 0 Å². The molecular weight excluding hydrogens is 519 g/mol. The summed E-state index contributed by atoms with van der Waals surface area (Å²) in [6.07, 6.45) is 20.9. The molecule has 0 aromatic heterocycles. The first-order valence-electron chi connectivity index (χ1n) is 16.1. The van der Waals surface area contributed by atoms with Crippen LogP contribution in [0.3, 0.4) is 0 Å². The lowest BCUT2D eigenvalue weighted by molar-refractivity contribution is 0.247. The van der Waals surface area contributed by atoms with Crippen molar-refractivity contribution in [3.05, 3.63) is 58.9 Å². The van der Waals surface area contributed by atoms with E-state index in [0.29, 0.717) is 0 Å². The van der Waals surface area contributed by atoms with Crippen LogP contribution in [-0.4, -0.2) is 26.4 Å². The average Bonchev–Trinajstić information content (AvgIpc) is 2.95. The molecule has 0 spiro atoms. The van der Waals surface area contributed by atoms with E-state index in [2.05, 4.69) is 23.5 Å². The van der Waals surface area contributed by atoms with Crippen LogP contribution in [0, 0.1) is 5.82 Å². The summed E-state index contributed by atoms with van der Waals surface area (Å²) in [5.74, 6) is -0.518. The summed E-state index contributed by atoms with van der Waals surface area (Å²) in [6.45, 7) is 7.38. The number of hydrogen-bond acceptors (Lipinski definition) is 3. The van der Waals surface area contributed by atoms with Crippen molar-refractivity contribution in [2.45, 2.75) is 134 Å². The third kappa shape index (κ3) is 11.2. The summed E-state index contributed by atoms with van der Waals surface area (Å²) in [6, 6.07) is 10.2. The molecule has 0 radical (unpaired) electrons. The van der Waals surface area contributed by atoms with Gasteiger partial charge in [0.25, 0.3) is 10.0 Å². The van der Waals surface area contributed by atoms with Gasteiger partial charge in [-0.2, -0.15) is 0 Å². The van der Waals surface area contributed by atoms with Crippen molar-refractivity contribution in [3.63, 3.8) is 0 Å². The average molecular weight is 573 g/mol. The molecule has 6 heteroatoms. The second-order valence-corrected chi connectivity index (χ2v) is 13.4. The topological polar surface area (TPSA) is 49.4 Å². The molecule has 3 rings (SSSR count). The van der Waals surface area contributed by atoms with Crippen LogP contribution in [0.15, 0.2) is 41.3 Å². The summed E-state index contributed by atoms with van der Waals surface area (Å²) in [5.41, 5.74) is 3.20. The number of benzene rings is 2. The van der Waals surface area contributed by atoms with Gasteiger partial charge in [-0.25, -0.2) is 12.8 Å². The van der Waals surface area contributed by atoms with Crippen LogP contribution in [-0.2, 0) is 29.4 Å². The van der Waals surface area contributed by atoms with Crippen molar-refractivity contribution in [2.75, 3.05) is 17.8 Å². The van der Waals surface area contributed by atoms with Crippen molar-refractivity contribution in [2.24, 2.45) is 0 Å². The Hall–Kier alpha value is -1.92. The molecule has 0 fully saturated rings. The van der Waals surface area contributed by atoms with E-state index in [0.717, 1.165) is 56.4 Å². The molecule has 1 heterocycles. The lowest BCUT2D eigenvalue weighted by Crippen LogP contribution is -2.31. The second-order valence-electron chi connectivity index (χ2n) is 11.7. The minimum absolute atomic E-state index is 0.00937. The van der Waals surface area contributed by atoms with Crippen LogP contribution in [0.2, 0.25) is 0 Å². The standard InChI is InChI=1S/C34H53FN2O2S/c1-3-5-7-9-10-11-12-13-15-17-24-37-25-23-30-27-32(21-20-31(30)28-37)40(38,39)36-34-22-19-29(26-33(34)35)18-16-14-8-6-4-2/h19-22,26-27,36H,3-18,23-25,28H2,1-2H3. The SMILES string of the molecule is CCCCCCCCCCCCN1CCc2cc(S(=O)(=O)Nc3ccc(CCCCCCC)cc3F)ccc2C1. The number of fused-ring (bicyclic) bond motifs is 1. The normalized spacial score (nSPS) is 13.9. The van der Waals surface area contributed by atoms with Gasteiger partial charge in [0.1, 0.15) is 5.82 Å². The number of rotatable bonds is 20. The van der Waals surface area contributed by atoms with E-state index in [9.17, 15) is 12.8 Å². The maximum Gasteiger partial charge on any atom is 0.261 e. The fourth-order valence-corrected chi connectivity index (χ4v) is 6.82. The van der Waals surface area contributed by atoms with Gasteiger partial charge in [-0.15, -0.1) is 0 Å². The van der Waals surface area contributed by atoms with Crippen LogP contribution in [0.4, 0.5) is 10.1 Å². The smallest absolute Gasteiger partial charge is 0.261 e. The first kappa shape index (κ1) is 32.6. The Morgan fingerprint density at radius 3 is 2.02 bits per heavy atom.